The van der Waals surface area contributed by atoms with Crippen LogP contribution in [0, 0.1) is 6.92 Å². The zero-order valence-corrected chi connectivity index (χ0v) is 10.1. The summed E-state index contributed by atoms with van der Waals surface area (Å²) in [6.45, 7) is 1.59. The van der Waals surface area contributed by atoms with Crippen LogP contribution in [0.25, 0.3) is 0 Å². The fraction of sp³-hybridized carbons (Fsp3) is 0.0833. The van der Waals surface area contributed by atoms with Gasteiger partial charge in [0.1, 0.15) is 11.3 Å². The number of carbonyl (C=O) groups is 1. The van der Waals surface area contributed by atoms with Gasteiger partial charge in [-0.1, -0.05) is 12.1 Å². The van der Waals surface area contributed by atoms with Crippen LogP contribution in [0.15, 0.2) is 24.3 Å². The molecule has 0 saturated carbocycles. The molecule has 0 aliphatic carbocycles. The van der Waals surface area contributed by atoms with E-state index in [1.807, 2.05) is 0 Å². The number of esters is 1. The Kier molecular flexibility index (Phi) is 3.19. The largest absolute Gasteiger partial charge is 0.507 e. The van der Waals surface area contributed by atoms with Crippen LogP contribution in [-0.2, 0) is 0 Å². The minimum absolute atomic E-state index is 0.00245. The number of aryl methyl sites for hydroxylation is 1. The molecule has 0 bridgehead atoms. The Balaban J connectivity index is 2.32. The van der Waals surface area contributed by atoms with Crippen molar-refractivity contribution < 1.29 is 14.6 Å². The van der Waals surface area contributed by atoms with Gasteiger partial charge in [0.15, 0.2) is 11.6 Å². The molecule has 7 nitrogen and oxygen atoms in total. The molecule has 19 heavy (non-hydrogen) atoms. The average Bonchev–Trinajstić information content (AvgIpc) is 2.34. The molecular weight excluding hydrogens is 248 g/mol. The summed E-state index contributed by atoms with van der Waals surface area (Å²) in [5.41, 5.74) is 11.4. The predicted molar refractivity (Wildman–Crippen MR) is 68.7 cm³/mol. The number of ether oxygens (including phenoxy) is 1. The first-order valence-corrected chi connectivity index (χ1v) is 5.39. The van der Waals surface area contributed by atoms with Crippen LogP contribution in [0.4, 0.5) is 11.8 Å². The quantitative estimate of drug-likeness (QED) is 0.684. The number of anilines is 2. The van der Waals surface area contributed by atoms with E-state index in [0.29, 0.717) is 5.69 Å². The number of aromatic hydroxyl groups is 1. The van der Waals surface area contributed by atoms with E-state index in [9.17, 15) is 9.90 Å². The van der Waals surface area contributed by atoms with E-state index in [-0.39, 0.29) is 28.8 Å². The molecule has 2 rings (SSSR count). The molecule has 0 aliphatic rings. The normalized spacial score (nSPS) is 10.2. The van der Waals surface area contributed by atoms with Crippen molar-refractivity contribution in [1.82, 2.24) is 9.97 Å². The van der Waals surface area contributed by atoms with E-state index >= 15 is 0 Å². The number of nitrogens with zero attached hydrogens (tertiary/aromatic N) is 2. The van der Waals surface area contributed by atoms with E-state index in [4.69, 9.17) is 16.2 Å². The van der Waals surface area contributed by atoms with Crippen LogP contribution in [0.1, 0.15) is 16.1 Å². The molecule has 0 saturated heterocycles. The second kappa shape index (κ2) is 4.81. The maximum atomic E-state index is 11.9. The molecule has 0 unspecified atom stereocenters. The summed E-state index contributed by atoms with van der Waals surface area (Å²) >= 11 is 0. The van der Waals surface area contributed by atoms with Gasteiger partial charge in [-0.25, -0.2) is 9.78 Å². The number of para-hydroxylation sites is 1. The minimum Gasteiger partial charge on any atom is -0.507 e. The summed E-state index contributed by atoms with van der Waals surface area (Å²) in [5, 5.41) is 9.56. The van der Waals surface area contributed by atoms with Gasteiger partial charge in [-0.3, -0.25) is 0 Å². The molecule has 0 amide bonds. The van der Waals surface area contributed by atoms with Crippen molar-refractivity contribution in [3.05, 3.63) is 35.5 Å². The zero-order chi connectivity index (χ0) is 14.0. The monoisotopic (exact) mass is 260 g/mol. The maximum absolute atomic E-state index is 11.9. The Morgan fingerprint density at radius 3 is 2.58 bits per heavy atom. The van der Waals surface area contributed by atoms with Crippen LogP contribution in [0.2, 0.25) is 0 Å². The van der Waals surface area contributed by atoms with Crippen LogP contribution < -0.4 is 16.2 Å². The molecule has 0 fully saturated rings. The highest BCUT2D eigenvalue weighted by molar-refractivity contribution is 5.94. The topological polar surface area (TPSA) is 124 Å². The number of carbonyl (C=O) groups excluding carboxylic acids is 1. The van der Waals surface area contributed by atoms with Crippen molar-refractivity contribution in [1.29, 1.82) is 0 Å². The Hall–Kier alpha value is -2.83. The first-order valence-electron chi connectivity index (χ1n) is 5.39. The summed E-state index contributed by atoms with van der Waals surface area (Å²) in [5.74, 6) is -0.935. The highest BCUT2D eigenvalue weighted by Crippen LogP contribution is 2.25. The van der Waals surface area contributed by atoms with Gasteiger partial charge in [-0.15, -0.1) is 0 Å². The highest BCUT2D eigenvalue weighted by atomic mass is 16.5. The van der Waals surface area contributed by atoms with Gasteiger partial charge in [0.2, 0.25) is 5.95 Å². The Labute approximate surface area is 108 Å². The van der Waals surface area contributed by atoms with Gasteiger partial charge in [-0.2, -0.15) is 4.98 Å². The third-order valence-corrected chi connectivity index (χ3v) is 2.40. The Morgan fingerprint density at radius 2 is 1.95 bits per heavy atom. The van der Waals surface area contributed by atoms with Crippen molar-refractivity contribution in [2.45, 2.75) is 6.92 Å². The number of benzene rings is 1. The van der Waals surface area contributed by atoms with E-state index < -0.39 is 5.97 Å². The fourth-order valence-electron chi connectivity index (χ4n) is 1.53. The Morgan fingerprint density at radius 1 is 1.26 bits per heavy atom. The molecule has 0 spiro atoms. The second-order valence-corrected chi connectivity index (χ2v) is 3.79. The molecular formula is C12H12N4O3. The number of rotatable bonds is 2. The lowest BCUT2D eigenvalue weighted by Crippen LogP contribution is -2.13. The maximum Gasteiger partial charge on any atom is 0.347 e. The number of nitrogens with two attached hydrogens (primary N) is 2. The lowest BCUT2D eigenvalue weighted by Gasteiger charge is -2.09. The first-order chi connectivity index (χ1) is 8.99. The number of nitrogen functional groups attached to an aromatic ring is 2. The van der Waals surface area contributed by atoms with Gasteiger partial charge >= 0.3 is 5.97 Å². The van der Waals surface area contributed by atoms with E-state index in [1.165, 1.54) is 12.1 Å². The molecule has 1 aromatic heterocycles. The van der Waals surface area contributed by atoms with E-state index in [0.717, 1.165) is 0 Å². The molecule has 7 heteroatoms. The number of phenols is 1. The van der Waals surface area contributed by atoms with E-state index in [2.05, 4.69) is 9.97 Å². The second-order valence-electron chi connectivity index (χ2n) is 3.79. The lowest BCUT2D eigenvalue weighted by atomic mass is 10.2. The third-order valence-electron chi connectivity index (χ3n) is 2.40. The molecule has 98 valence electrons. The number of aromatic nitrogens is 2. The van der Waals surface area contributed by atoms with Crippen molar-refractivity contribution in [2.24, 2.45) is 0 Å². The lowest BCUT2D eigenvalue weighted by molar-refractivity contribution is 0.0730. The van der Waals surface area contributed by atoms with Gasteiger partial charge in [-0.05, 0) is 19.1 Å². The summed E-state index contributed by atoms with van der Waals surface area (Å²) in [6.07, 6.45) is 0. The molecule has 5 N–H and O–H groups in total. The molecule has 2 aromatic rings. The van der Waals surface area contributed by atoms with Crippen molar-refractivity contribution in [3.8, 4) is 11.5 Å². The molecule has 0 atom stereocenters. The van der Waals surface area contributed by atoms with Crippen molar-refractivity contribution in [2.75, 3.05) is 11.5 Å². The van der Waals surface area contributed by atoms with Gasteiger partial charge < -0.3 is 21.3 Å². The first kappa shape index (κ1) is 12.6. The summed E-state index contributed by atoms with van der Waals surface area (Å²) < 4.78 is 5.09. The van der Waals surface area contributed by atoms with Crippen molar-refractivity contribution in [3.63, 3.8) is 0 Å². The molecule has 0 aliphatic heterocycles. The van der Waals surface area contributed by atoms with Crippen LogP contribution in [-0.4, -0.2) is 21.0 Å². The zero-order valence-electron chi connectivity index (χ0n) is 10.1. The number of phenolic OH excluding ortho intramolecular Hbond substituents is 1. The molecule has 1 aromatic carbocycles. The molecule has 1 heterocycles. The molecule has 0 radical (unpaired) electrons. The fourth-order valence-corrected chi connectivity index (χ4v) is 1.53. The van der Waals surface area contributed by atoms with Gasteiger partial charge in [0.25, 0.3) is 0 Å². The van der Waals surface area contributed by atoms with Crippen LogP contribution >= 0.6 is 0 Å². The van der Waals surface area contributed by atoms with Crippen LogP contribution in [0.3, 0.4) is 0 Å². The van der Waals surface area contributed by atoms with E-state index in [1.54, 1.807) is 19.1 Å². The highest BCUT2D eigenvalue weighted by Gasteiger charge is 2.17. The summed E-state index contributed by atoms with van der Waals surface area (Å²) in [4.78, 5) is 19.5. The van der Waals surface area contributed by atoms with Crippen molar-refractivity contribution >= 4 is 17.7 Å². The minimum atomic E-state index is -0.749. The number of hydrogen-bond acceptors (Lipinski definition) is 7. The third kappa shape index (κ3) is 2.54. The van der Waals surface area contributed by atoms with Gasteiger partial charge in [0, 0.05) is 0 Å². The summed E-state index contributed by atoms with van der Waals surface area (Å²) in [7, 11) is 0. The standard InChI is InChI=1S/C12H12N4O3/c1-6-9(10(13)16-12(14)15-6)19-11(18)7-4-2-3-5-8(7)17/h2-5,17H,1H3,(H4,13,14,15,16). The smallest absolute Gasteiger partial charge is 0.347 e. The van der Waals surface area contributed by atoms with Gasteiger partial charge in [0.05, 0.1) is 5.69 Å². The SMILES string of the molecule is Cc1nc(N)nc(N)c1OC(=O)c1ccccc1O. The number of hydrogen-bond donors (Lipinski definition) is 3. The Bertz CT molecular complexity index is 620. The summed E-state index contributed by atoms with van der Waals surface area (Å²) in [6, 6.07) is 6.01. The predicted octanol–water partition coefficient (Wildman–Crippen LogP) is 0.874. The average molecular weight is 260 g/mol. The van der Waals surface area contributed by atoms with Crippen LogP contribution in [0.5, 0.6) is 11.5 Å².